The van der Waals surface area contributed by atoms with Crippen LogP contribution in [0.4, 0.5) is 0 Å². The molecule has 9 nitrogen and oxygen atoms in total. The third-order valence-corrected chi connectivity index (χ3v) is 3.41. The Morgan fingerprint density at radius 1 is 1.55 bits per heavy atom. The summed E-state index contributed by atoms with van der Waals surface area (Å²) in [5.74, 6) is 2.24. The van der Waals surface area contributed by atoms with Crippen molar-refractivity contribution in [2.45, 2.75) is 49.7 Å². The fourth-order valence-corrected chi connectivity index (χ4v) is 2.26. The third kappa shape index (κ3) is 2.27. The molecule has 0 aliphatic carbocycles. The van der Waals surface area contributed by atoms with Crippen molar-refractivity contribution in [2.75, 3.05) is 0 Å². The number of ether oxygens (including phenoxy) is 1. The third-order valence-electron chi connectivity index (χ3n) is 3.41. The Bertz CT molecular complexity index is 439. The van der Waals surface area contributed by atoms with Gasteiger partial charge in [-0.3, -0.25) is 4.90 Å². The van der Waals surface area contributed by atoms with E-state index in [1.165, 1.54) is 6.92 Å². The smallest absolute Gasteiger partial charge is 0.206 e. The van der Waals surface area contributed by atoms with Crippen LogP contribution in [0.1, 0.15) is 6.92 Å². The van der Waals surface area contributed by atoms with Crippen LogP contribution >= 0.6 is 0 Å². The average molecular weight is 286 g/mol. The largest absolute Gasteiger partial charge is 0.391 e. The molecule has 0 bridgehead atoms. The number of aliphatic imine (C=N–C) groups is 1. The molecule has 1 fully saturated rings. The normalized spacial score (nSPS) is 46.2. The van der Waals surface area contributed by atoms with Crippen molar-refractivity contribution < 1.29 is 25.2 Å². The van der Waals surface area contributed by atoms with Gasteiger partial charge in [-0.1, -0.05) is 5.92 Å². The van der Waals surface area contributed by atoms with Crippen molar-refractivity contribution in [3.63, 3.8) is 0 Å². The van der Waals surface area contributed by atoms with Crippen LogP contribution in [-0.4, -0.2) is 74.4 Å². The predicted molar refractivity (Wildman–Crippen MR) is 67.6 cm³/mol. The maximum absolute atomic E-state index is 10.1. The first-order valence-corrected chi connectivity index (χ1v) is 6.02. The van der Waals surface area contributed by atoms with Gasteiger partial charge in [0.1, 0.15) is 12.2 Å². The second-order valence-corrected chi connectivity index (χ2v) is 4.84. The SMILES string of the molecule is C#CC1(N)[C@@H](O)[C@@H]([C@H](C)O)O[C@H]1N1C=NC(O)NC1O. The highest BCUT2D eigenvalue weighted by Gasteiger charge is 2.57. The van der Waals surface area contributed by atoms with Gasteiger partial charge in [0.2, 0.25) is 6.35 Å². The van der Waals surface area contributed by atoms with E-state index in [0.29, 0.717) is 0 Å². The van der Waals surface area contributed by atoms with Crippen LogP contribution in [-0.2, 0) is 4.74 Å². The molecule has 2 aliphatic rings. The molecule has 0 aromatic heterocycles. The Morgan fingerprint density at radius 2 is 2.20 bits per heavy atom. The maximum Gasteiger partial charge on any atom is 0.206 e. The summed E-state index contributed by atoms with van der Waals surface area (Å²) in [6.45, 7) is 1.43. The van der Waals surface area contributed by atoms with Crippen molar-refractivity contribution >= 4 is 6.34 Å². The highest BCUT2D eigenvalue weighted by Crippen LogP contribution is 2.33. The van der Waals surface area contributed by atoms with Crippen LogP contribution in [0.15, 0.2) is 4.99 Å². The average Bonchev–Trinajstić information content (AvgIpc) is 2.64. The second kappa shape index (κ2) is 5.27. The Labute approximate surface area is 115 Å². The number of aliphatic hydroxyl groups is 4. The van der Waals surface area contributed by atoms with Gasteiger partial charge < -0.3 is 30.9 Å². The fraction of sp³-hybridized carbons (Fsp3) is 0.727. The minimum absolute atomic E-state index is 1.01. The van der Waals surface area contributed by atoms with Gasteiger partial charge in [-0.25, -0.2) is 10.3 Å². The highest BCUT2D eigenvalue weighted by molar-refractivity contribution is 5.57. The van der Waals surface area contributed by atoms with E-state index in [-0.39, 0.29) is 0 Å². The first-order chi connectivity index (χ1) is 9.31. The van der Waals surface area contributed by atoms with E-state index in [1.54, 1.807) is 0 Å². The van der Waals surface area contributed by atoms with Crippen LogP contribution in [0.5, 0.6) is 0 Å². The van der Waals surface area contributed by atoms with E-state index < -0.39 is 42.8 Å². The minimum Gasteiger partial charge on any atom is -0.391 e. The van der Waals surface area contributed by atoms with Crippen LogP contribution in [0, 0.1) is 12.3 Å². The molecule has 9 heteroatoms. The van der Waals surface area contributed by atoms with Crippen LogP contribution < -0.4 is 11.1 Å². The van der Waals surface area contributed by atoms with E-state index in [2.05, 4.69) is 16.2 Å². The van der Waals surface area contributed by atoms with E-state index in [9.17, 15) is 20.4 Å². The number of nitrogens with one attached hydrogen (secondary N) is 1. The first kappa shape index (κ1) is 15.1. The molecule has 2 heterocycles. The zero-order valence-corrected chi connectivity index (χ0v) is 10.8. The number of terminal acetylenes is 1. The zero-order chi connectivity index (χ0) is 15.1. The van der Waals surface area contributed by atoms with Crippen molar-refractivity contribution in [3.8, 4) is 12.3 Å². The Hall–Kier alpha value is -1.25. The lowest BCUT2D eigenvalue weighted by atomic mass is 9.90. The van der Waals surface area contributed by atoms with E-state index >= 15 is 0 Å². The van der Waals surface area contributed by atoms with Gasteiger partial charge in [-0.05, 0) is 6.92 Å². The molecule has 0 saturated carbocycles. The lowest BCUT2D eigenvalue weighted by Gasteiger charge is -2.39. The number of rotatable bonds is 2. The lowest BCUT2D eigenvalue weighted by Crippen LogP contribution is -2.65. The van der Waals surface area contributed by atoms with Gasteiger partial charge in [-0.2, -0.15) is 0 Å². The molecule has 112 valence electrons. The van der Waals surface area contributed by atoms with Crippen LogP contribution in [0.25, 0.3) is 0 Å². The Morgan fingerprint density at radius 3 is 2.70 bits per heavy atom. The van der Waals surface area contributed by atoms with Gasteiger partial charge in [0.25, 0.3) is 0 Å². The molecule has 0 spiro atoms. The molecule has 0 aromatic rings. The predicted octanol–water partition coefficient (Wildman–Crippen LogP) is -3.73. The van der Waals surface area contributed by atoms with Gasteiger partial charge >= 0.3 is 0 Å². The summed E-state index contributed by atoms with van der Waals surface area (Å²) < 4.78 is 5.47. The summed E-state index contributed by atoms with van der Waals surface area (Å²) in [6, 6.07) is 0. The standard InChI is InChI=1S/C11H18N4O5/c1-3-11(12)7(17)6(5(2)16)20-8(11)15-4-13-9(18)14-10(15)19/h1,4-10,14,16-19H,12H2,2H3/t5-,6+,7-,8+,9?,10?,11?/m0/s1. The van der Waals surface area contributed by atoms with Crippen molar-refractivity contribution in [2.24, 2.45) is 10.7 Å². The second-order valence-electron chi connectivity index (χ2n) is 4.84. The molecule has 0 amide bonds. The van der Waals surface area contributed by atoms with E-state index in [4.69, 9.17) is 16.9 Å². The van der Waals surface area contributed by atoms with E-state index in [0.717, 1.165) is 11.2 Å². The molecule has 1 saturated heterocycles. The van der Waals surface area contributed by atoms with Gasteiger partial charge in [0.15, 0.2) is 18.1 Å². The van der Waals surface area contributed by atoms with Crippen molar-refractivity contribution in [1.82, 2.24) is 10.2 Å². The molecule has 0 radical (unpaired) electrons. The van der Waals surface area contributed by atoms with Crippen LogP contribution in [0.2, 0.25) is 0 Å². The van der Waals surface area contributed by atoms with Crippen molar-refractivity contribution in [1.29, 1.82) is 0 Å². The molecule has 20 heavy (non-hydrogen) atoms. The molecule has 7 atom stereocenters. The summed E-state index contributed by atoms with van der Waals surface area (Å²) in [5.41, 5.74) is 4.32. The molecule has 7 N–H and O–H groups in total. The Kier molecular flexibility index (Phi) is 3.99. The zero-order valence-electron chi connectivity index (χ0n) is 10.8. The summed E-state index contributed by atoms with van der Waals surface area (Å²) in [6.07, 6.45) is -0.604. The number of aliphatic hydroxyl groups excluding tert-OH is 4. The van der Waals surface area contributed by atoms with E-state index in [1.807, 2.05) is 0 Å². The molecular formula is C11H18N4O5. The van der Waals surface area contributed by atoms with Gasteiger partial charge in [-0.15, -0.1) is 6.42 Å². The summed E-state index contributed by atoms with van der Waals surface area (Å²) in [5, 5.41) is 41.1. The summed E-state index contributed by atoms with van der Waals surface area (Å²) in [7, 11) is 0. The number of nitrogens with zero attached hydrogens (tertiary/aromatic N) is 2. The van der Waals surface area contributed by atoms with Crippen molar-refractivity contribution in [3.05, 3.63) is 0 Å². The molecule has 3 unspecified atom stereocenters. The highest BCUT2D eigenvalue weighted by atomic mass is 16.6. The monoisotopic (exact) mass is 286 g/mol. The first-order valence-electron chi connectivity index (χ1n) is 6.02. The lowest BCUT2D eigenvalue weighted by molar-refractivity contribution is -0.141. The summed E-state index contributed by atoms with van der Waals surface area (Å²) >= 11 is 0. The number of nitrogens with two attached hydrogens (primary N) is 1. The van der Waals surface area contributed by atoms with Gasteiger partial charge in [0.05, 0.1) is 12.4 Å². The van der Waals surface area contributed by atoms with Crippen LogP contribution in [0.3, 0.4) is 0 Å². The topological polar surface area (TPSA) is 144 Å². The molecule has 2 rings (SSSR count). The maximum atomic E-state index is 10.1. The molecule has 2 aliphatic heterocycles. The molecule has 0 aromatic carbocycles. The molecular weight excluding hydrogens is 268 g/mol. The number of hydrogen-bond acceptors (Lipinski definition) is 9. The number of hydrogen-bond donors (Lipinski definition) is 6. The van der Waals surface area contributed by atoms with Gasteiger partial charge in [0, 0.05) is 0 Å². The summed E-state index contributed by atoms with van der Waals surface area (Å²) in [4.78, 5) is 4.76. The Balaban J connectivity index is 2.31. The minimum atomic E-state index is -1.65. The quantitative estimate of drug-likeness (QED) is 0.284. The fourth-order valence-electron chi connectivity index (χ4n) is 2.26.